The summed E-state index contributed by atoms with van der Waals surface area (Å²) in [6, 6.07) is 9.07. The van der Waals surface area contributed by atoms with E-state index in [9.17, 15) is 9.59 Å². The van der Waals surface area contributed by atoms with Gasteiger partial charge in [-0.2, -0.15) is 5.26 Å². The summed E-state index contributed by atoms with van der Waals surface area (Å²) in [6.45, 7) is 3.95. The fourth-order valence-electron chi connectivity index (χ4n) is 2.05. The van der Waals surface area contributed by atoms with E-state index in [1.165, 1.54) is 0 Å². The molecule has 0 spiro atoms. The van der Waals surface area contributed by atoms with Gasteiger partial charge in [-0.25, -0.2) is 0 Å². The van der Waals surface area contributed by atoms with Gasteiger partial charge in [0.15, 0.2) is 5.78 Å². The first-order chi connectivity index (χ1) is 8.95. The van der Waals surface area contributed by atoms with Crippen molar-refractivity contribution in [1.29, 1.82) is 5.26 Å². The molecule has 4 nitrogen and oxygen atoms in total. The zero-order valence-electron chi connectivity index (χ0n) is 12.0. The monoisotopic (exact) mass is 280 g/mol. The van der Waals surface area contributed by atoms with Crippen LogP contribution < -0.4 is 29.6 Å². The Morgan fingerprint density at radius 3 is 2.40 bits per heavy atom. The van der Waals surface area contributed by atoms with E-state index < -0.39 is 17.3 Å². The van der Waals surface area contributed by atoms with Gasteiger partial charge >= 0.3 is 35.5 Å². The minimum atomic E-state index is -0.671. The summed E-state index contributed by atoms with van der Waals surface area (Å²) >= 11 is 0. The second-order valence-electron chi connectivity index (χ2n) is 5.19. The molecule has 0 amide bonds. The third-order valence-corrected chi connectivity index (χ3v) is 3.42. The summed E-state index contributed by atoms with van der Waals surface area (Å²) in [5.41, 5.74) is 0.746. The zero-order chi connectivity index (χ0) is 14.0. The van der Waals surface area contributed by atoms with Gasteiger partial charge in [0.2, 0.25) is 0 Å². The summed E-state index contributed by atoms with van der Waals surface area (Å²) < 4.78 is 4.80. The summed E-state index contributed by atoms with van der Waals surface area (Å²) in [6.07, 6.45) is 0.448. The van der Waals surface area contributed by atoms with Crippen LogP contribution in [-0.2, 0) is 14.9 Å². The number of esters is 1. The average Bonchev–Trinajstić information content (AvgIpc) is 2.84. The Kier molecular flexibility index (Phi) is 5.52. The van der Waals surface area contributed by atoms with Crippen LogP contribution in [0, 0.1) is 17.2 Å². The van der Waals surface area contributed by atoms with Crippen molar-refractivity contribution in [3.63, 3.8) is 0 Å². The number of hydrogen-bond acceptors (Lipinski definition) is 4. The normalized spacial score (nSPS) is 17.9. The quantitative estimate of drug-likeness (QED) is 0.316. The maximum atomic E-state index is 12.1. The Morgan fingerprint density at radius 1 is 1.35 bits per heavy atom. The van der Waals surface area contributed by atoms with Crippen molar-refractivity contribution in [1.82, 2.24) is 0 Å². The third-order valence-electron chi connectivity index (χ3n) is 3.42. The van der Waals surface area contributed by atoms with Gasteiger partial charge in [-0.15, -0.1) is 0 Å². The first-order valence-corrected chi connectivity index (χ1v) is 6.18. The van der Waals surface area contributed by atoms with Crippen molar-refractivity contribution in [2.45, 2.75) is 25.7 Å². The third kappa shape index (κ3) is 3.29. The van der Waals surface area contributed by atoms with Crippen molar-refractivity contribution in [3.05, 3.63) is 35.4 Å². The minimum Gasteiger partial charge on any atom is -0.465 e. The van der Waals surface area contributed by atoms with E-state index >= 15 is 0 Å². The molecule has 1 aliphatic rings. The number of Topliss-reactive ketones (excluding diaryl/α,β-unsaturated/α-hetero) is 1. The summed E-state index contributed by atoms with van der Waals surface area (Å²) in [7, 11) is 0. The standard InChI is InChI=1S/C15H15NO3.Na/c1-15(2,9-16)11-5-3-10(4-6-11)13(17)12-7-8-19-14(12)18;/h3-6,12H,7-8H2,1-2H3;/q;+1. The number of cyclic esters (lactones) is 1. The van der Waals surface area contributed by atoms with Gasteiger partial charge in [-0.05, 0) is 19.4 Å². The second-order valence-corrected chi connectivity index (χ2v) is 5.19. The Bertz CT molecular complexity index is 557. The van der Waals surface area contributed by atoms with E-state index in [0.29, 0.717) is 18.6 Å². The van der Waals surface area contributed by atoms with Crippen LogP contribution >= 0.6 is 0 Å². The molecule has 1 heterocycles. The van der Waals surface area contributed by atoms with E-state index in [-0.39, 0.29) is 35.3 Å². The number of nitrogens with zero attached hydrogens (tertiary/aromatic N) is 1. The van der Waals surface area contributed by atoms with Crippen LogP contribution in [0.5, 0.6) is 0 Å². The van der Waals surface area contributed by atoms with Gasteiger partial charge in [-0.3, -0.25) is 9.59 Å². The molecule has 0 N–H and O–H groups in total. The molecule has 1 atom stereocenters. The first-order valence-electron chi connectivity index (χ1n) is 6.18. The molecule has 0 saturated carbocycles. The number of ether oxygens (including phenoxy) is 1. The molecule has 0 radical (unpaired) electrons. The van der Waals surface area contributed by atoms with Gasteiger partial charge in [0.25, 0.3) is 0 Å². The van der Waals surface area contributed by atoms with E-state index in [2.05, 4.69) is 6.07 Å². The Labute approximate surface area is 140 Å². The molecule has 2 rings (SSSR count). The largest absolute Gasteiger partial charge is 1.00 e. The van der Waals surface area contributed by atoms with E-state index in [4.69, 9.17) is 10.00 Å². The smallest absolute Gasteiger partial charge is 0.465 e. The van der Waals surface area contributed by atoms with Crippen molar-refractivity contribution in [2.24, 2.45) is 5.92 Å². The minimum absolute atomic E-state index is 0. The molecule has 1 saturated heterocycles. The van der Waals surface area contributed by atoms with Gasteiger partial charge in [-0.1, -0.05) is 24.3 Å². The zero-order valence-corrected chi connectivity index (χ0v) is 14.0. The number of hydrogen-bond donors (Lipinski definition) is 0. The van der Waals surface area contributed by atoms with Crippen LogP contribution in [0.4, 0.5) is 0 Å². The van der Waals surface area contributed by atoms with Crippen LogP contribution in [0.1, 0.15) is 36.2 Å². The van der Waals surface area contributed by atoms with Gasteiger partial charge in [0.05, 0.1) is 18.1 Å². The molecule has 1 unspecified atom stereocenters. The van der Waals surface area contributed by atoms with Gasteiger partial charge < -0.3 is 4.74 Å². The Hall–Kier alpha value is -1.15. The van der Waals surface area contributed by atoms with E-state index in [0.717, 1.165) is 5.56 Å². The SMILES string of the molecule is CC(C)(C#N)c1ccc(C(=O)C2CCOC2=O)cc1.[Na+]. The molecule has 0 aliphatic carbocycles. The van der Waals surface area contributed by atoms with Crippen molar-refractivity contribution < 1.29 is 43.9 Å². The molecule has 98 valence electrons. The predicted molar refractivity (Wildman–Crippen MR) is 68.5 cm³/mol. The number of carbonyl (C=O) groups is 2. The predicted octanol–water partition coefficient (Wildman–Crippen LogP) is -0.762. The summed E-state index contributed by atoms with van der Waals surface area (Å²) in [5, 5.41) is 9.06. The van der Waals surface area contributed by atoms with Crippen LogP contribution in [0.3, 0.4) is 0 Å². The molecular formula is C15H15NNaO3+. The molecule has 1 aliphatic heterocycles. The molecule has 5 heteroatoms. The molecule has 0 aromatic heterocycles. The maximum Gasteiger partial charge on any atom is 1.00 e. The number of carbonyl (C=O) groups excluding carboxylic acids is 2. The van der Waals surface area contributed by atoms with Crippen molar-refractivity contribution in [3.8, 4) is 6.07 Å². The molecular weight excluding hydrogens is 265 g/mol. The molecule has 20 heavy (non-hydrogen) atoms. The number of nitriles is 1. The first kappa shape index (κ1) is 16.9. The summed E-state index contributed by atoms with van der Waals surface area (Å²) in [4.78, 5) is 23.5. The van der Waals surface area contributed by atoms with E-state index in [1.807, 2.05) is 13.8 Å². The van der Waals surface area contributed by atoms with E-state index in [1.54, 1.807) is 24.3 Å². The fraction of sp³-hybridized carbons (Fsp3) is 0.400. The second kappa shape index (κ2) is 6.53. The van der Waals surface area contributed by atoms with Crippen molar-refractivity contribution in [2.75, 3.05) is 6.61 Å². The molecule has 1 aromatic carbocycles. The molecule has 1 fully saturated rings. The van der Waals surface area contributed by atoms with Crippen LogP contribution in [0.2, 0.25) is 0 Å². The van der Waals surface area contributed by atoms with Gasteiger partial charge in [0, 0.05) is 12.0 Å². The van der Waals surface area contributed by atoms with Gasteiger partial charge in [0.1, 0.15) is 5.92 Å². The number of benzene rings is 1. The Balaban J connectivity index is 0.00000200. The summed E-state index contributed by atoms with van der Waals surface area (Å²) in [5.74, 6) is -1.31. The Morgan fingerprint density at radius 2 is 1.95 bits per heavy atom. The molecule has 1 aromatic rings. The molecule has 0 bridgehead atoms. The van der Waals surface area contributed by atoms with Crippen LogP contribution in [0.15, 0.2) is 24.3 Å². The fourth-order valence-corrected chi connectivity index (χ4v) is 2.05. The maximum absolute atomic E-state index is 12.1. The topological polar surface area (TPSA) is 67.2 Å². The van der Waals surface area contributed by atoms with Crippen LogP contribution in [-0.4, -0.2) is 18.4 Å². The number of ketones is 1. The number of rotatable bonds is 3. The van der Waals surface area contributed by atoms with Crippen LogP contribution in [0.25, 0.3) is 0 Å². The average molecular weight is 280 g/mol. The van der Waals surface area contributed by atoms with Crippen molar-refractivity contribution >= 4 is 11.8 Å².